The van der Waals surface area contributed by atoms with E-state index in [9.17, 15) is 0 Å². The van der Waals surface area contributed by atoms with Crippen LogP contribution in [0.2, 0.25) is 0 Å². The molecule has 0 unspecified atom stereocenters. The highest BCUT2D eigenvalue weighted by atomic mass is 79.9. The molecule has 0 aliphatic carbocycles. The van der Waals surface area contributed by atoms with Gasteiger partial charge in [-0.25, -0.2) is 0 Å². The number of aryl methyl sites for hydroxylation is 1. The van der Waals surface area contributed by atoms with Gasteiger partial charge in [-0.05, 0) is 34.1 Å². The summed E-state index contributed by atoms with van der Waals surface area (Å²) < 4.78 is 2.79. The topological polar surface area (TPSA) is 30.7 Å². The van der Waals surface area contributed by atoms with Gasteiger partial charge in [0.25, 0.3) is 0 Å². The monoisotopic (exact) mass is 237 g/mol. The van der Waals surface area contributed by atoms with Crippen LogP contribution in [0.25, 0.3) is 11.4 Å². The molecule has 2 aromatic heterocycles. The van der Waals surface area contributed by atoms with E-state index in [0.717, 1.165) is 15.9 Å². The minimum absolute atomic E-state index is 0.934. The standard InChI is InChI=1S/C9H8BrN3/c1-13-9(4-5-12-13)8-3-2-7(10)6-11-8/h2-6H,1H3. The Morgan fingerprint density at radius 1 is 1.31 bits per heavy atom. The maximum absolute atomic E-state index is 4.27. The van der Waals surface area contributed by atoms with E-state index in [4.69, 9.17) is 0 Å². The fourth-order valence-corrected chi connectivity index (χ4v) is 1.39. The summed E-state index contributed by atoms with van der Waals surface area (Å²) in [6.45, 7) is 0. The van der Waals surface area contributed by atoms with Gasteiger partial charge in [-0.2, -0.15) is 5.10 Å². The van der Waals surface area contributed by atoms with Crippen molar-refractivity contribution in [2.45, 2.75) is 0 Å². The SMILES string of the molecule is Cn1nccc1-c1ccc(Br)cn1. The van der Waals surface area contributed by atoms with E-state index in [-0.39, 0.29) is 0 Å². The van der Waals surface area contributed by atoms with Gasteiger partial charge in [-0.1, -0.05) is 0 Å². The van der Waals surface area contributed by atoms with E-state index in [1.807, 2.05) is 25.2 Å². The Kier molecular flexibility index (Phi) is 2.14. The fraction of sp³-hybridized carbons (Fsp3) is 0.111. The molecule has 0 saturated heterocycles. The average Bonchev–Trinajstić information content (AvgIpc) is 2.53. The zero-order valence-corrected chi connectivity index (χ0v) is 8.69. The minimum atomic E-state index is 0.934. The summed E-state index contributed by atoms with van der Waals surface area (Å²) >= 11 is 3.34. The van der Waals surface area contributed by atoms with Crippen molar-refractivity contribution in [3.63, 3.8) is 0 Å². The first kappa shape index (κ1) is 8.44. The summed E-state index contributed by atoms with van der Waals surface area (Å²) in [6.07, 6.45) is 3.54. The molecule has 0 N–H and O–H groups in total. The first-order valence-electron chi connectivity index (χ1n) is 3.87. The normalized spacial score (nSPS) is 10.3. The van der Waals surface area contributed by atoms with Crippen LogP contribution in [0.5, 0.6) is 0 Å². The Hall–Kier alpha value is -1.16. The van der Waals surface area contributed by atoms with Gasteiger partial charge in [0.2, 0.25) is 0 Å². The molecule has 3 nitrogen and oxygen atoms in total. The van der Waals surface area contributed by atoms with Crippen LogP contribution in [0, 0.1) is 0 Å². The molecule has 0 amide bonds. The Labute approximate surface area is 84.5 Å². The Morgan fingerprint density at radius 3 is 2.69 bits per heavy atom. The van der Waals surface area contributed by atoms with Crippen LogP contribution >= 0.6 is 15.9 Å². The summed E-state index contributed by atoms with van der Waals surface area (Å²) in [5.41, 5.74) is 1.95. The van der Waals surface area contributed by atoms with Gasteiger partial charge >= 0.3 is 0 Å². The van der Waals surface area contributed by atoms with Crippen molar-refractivity contribution >= 4 is 15.9 Å². The zero-order valence-electron chi connectivity index (χ0n) is 7.11. The van der Waals surface area contributed by atoms with Gasteiger partial charge in [0.15, 0.2) is 0 Å². The van der Waals surface area contributed by atoms with E-state index in [1.54, 1.807) is 17.1 Å². The van der Waals surface area contributed by atoms with E-state index >= 15 is 0 Å². The van der Waals surface area contributed by atoms with Gasteiger partial charge in [-0.15, -0.1) is 0 Å². The largest absolute Gasteiger partial charge is 0.266 e. The smallest absolute Gasteiger partial charge is 0.0883 e. The van der Waals surface area contributed by atoms with Crippen molar-refractivity contribution in [2.75, 3.05) is 0 Å². The van der Waals surface area contributed by atoms with Crippen LogP contribution < -0.4 is 0 Å². The molecule has 0 radical (unpaired) electrons. The molecule has 0 fully saturated rings. The van der Waals surface area contributed by atoms with E-state index in [2.05, 4.69) is 26.0 Å². The maximum Gasteiger partial charge on any atom is 0.0883 e. The molecule has 0 bridgehead atoms. The number of nitrogens with zero attached hydrogens (tertiary/aromatic N) is 3. The number of aromatic nitrogens is 3. The lowest BCUT2D eigenvalue weighted by atomic mass is 10.3. The van der Waals surface area contributed by atoms with Crippen molar-refractivity contribution in [3.8, 4) is 11.4 Å². The molecule has 2 aromatic rings. The number of hydrogen-bond acceptors (Lipinski definition) is 2. The molecule has 0 aromatic carbocycles. The lowest BCUT2D eigenvalue weighted by Crippen LogP contribution is -1.94. The number of rotatable bonds is 1. The third kappa shape index (κ3) is 1.62. The summed E-state index contributed by atoms with van der Waals surface area (Å²) in [5, 5.41) is 4.08. The second-order valence-corrected chi connectivity index (χ2v) is 3.62. The van der Waals surface area contributed by atoms with Gasteiger partial charge in [0, 0.05) is 23.9 Å². The number of hydrogen-bond donors (Lipinski definition) is 0. The predicted molar refractivity (Wildman–Crippen MR) is 54.1 cm³/mol. The molecule has 0 aliphatic heterocycles. The predicted octanol–water partition coefficient (Wildman–Crippen LogP) is 2.24. The van der Waals surface area contributed by atoms with E-state index in [1.165, 1.54) is 0 Å². The van der Waals surface area contributed by atoms with Gasteiger partial charge in [-0.3, -0.25) is 9.67 Å². The zero-order chi connectivity index (χ0) is 9.26. The molecular weight excluding hydrogens is 230 g/mol. The summed E-state index contributed by atoms with van der Waals surface area (Å²) in [5.74, 6) is 0. The van der Waals surface area contributed by atoms with Crippen LogP contribution in [0.15, 0.2) is 35.1 Å². The van der Waals surface area contributed by atoms with Gasteiger partial charge in [0.05, 0.1) is 11.4 Å². The van der Waals surface area contributed by atoms with Crippen molar-refractivity contribution < 1.29 is 0 Å². The van der Waals surface area contributed by atoms with Crippen LogP contribution in [0.3, 0.4) is 0 Å². The van der Waals surface area contributed by atoms with Crippen molar-refractivity contribution in [1.29, 1.82) is 0 Å². The van der Waals surface area contributed by atoms with Crippen molar-refractivity contribution in [1.82, 2.24) is 14.8 Å². The highest BCUT2D eigenvalue weighted by Gasteiger charge is 2.02. The van der Waals surface area contributed by atoms with Crippen LogP contribution in [0.4, 0.5) is 0 Å². The van der Waals surface area contributed by atoms with E-state index < -0.39 is 0 Å². The first-order chi connectivity index (χ1) is 6.27. The molecule has 4 heteroatoms. The van der Waals surface area contributed by atoms with Crippen LogP contribution in [0.1, 0.15) is 0 Å². The Balaban J connectivity index is 2.47. The quantitative estimate of drug-likeness (QED) is 0.762. The molecule has 0 saturated carbocycles. The molecular formula is C9H8BrN3. The van der Waals surface area contributed by atoms with Crippen molar-refractivity contribution in [3.05, 3.63) is 35.1 Å². The third-order valence-electron chi connectivity index (χ3n) is 1.81. The Bertz CT molecular complexity index is 405. The molecule has 0 spiro atoms. The minimum Gasteiger partial charge on any atom is -0.266 e. The second-order valence-electron chi connectivity index (χ2n) is 2.70. The fourth-order valence-electron chi connectivity index (χ4n) is 1.15. The second kappa shape index (κ2) is 3.30. The molecule has 0 aliphatic rings. The maximum atomic E-state index is 4.27. The van der Waals surface area contributed by atoms with E-state index in [0.29, 0.717) is 0 Å². The summed E-state index contributed by atoms with van der Waals surface area (Å²) in [6, 6.07) is 5.87. The Morgan fingerprint density at radius 2 is 2.15 bits per heavy atom. The van der Waals surface area contributed by atoms with Gasteiger partial charge in [0.1, 0.15) is 0 Å². The summed E-state index contributed by atoms with van der Waals surface area (Å²) in [4.78, 5) is 4.27. The molecule has 0 atom stereocenters. The molecule has 2 heterocycles. The third-order valence-corrected chi connectivity index (χ3v) is 2.28. The number of halogens is 1. The van der Waals surface area contributed by atoms with Crippen LogP contribution in [-0.2, 0) is 7.05 Å². The molecule has 13 heavy (non-hydrogen) atoms. The first-order valence-corrected chi connectivity index (χ1v) is 4.66. The molecule has 66 valence electrons. The average molecular weight is 238 g/mol. The molecule has 2 rings (SSSR count). The number of pyridine rings is 1. The highest BCUT2D eigenvalue weighted by Crippen LogP contribution is 2.17. The lowest BCUT2D eigenvalue weighted by Gasteiger charge is -2.00. The highest BCUT2D eigenvalue weighted by molar-refractivity contribution is 9.10. The summed E-state index contributed by atoms with van der Waals surface area (Å²) in [7, 11) is 1.90. The van der Waals surface area contributed by atoms with Gasteiger partial charge < -0.3 is 0 Å². The lowest BCUT2D eigenvalue weighted by molar-refractivity contribution is 0.773. The van der Waals surface area contributed by atoms with Crippen molar-refractivity contribution in [2.24, 2.45) is 7.05 Å². The van der Waals surface area contributed by atoms with Crippen LogP contribution in [-0.4, -0.2) is 14.8 Å².